The van der Waals surface area contributed by atoms with E-state index in [1.165, 1.54) is 72.2 Å². The number of sulfone groups is 2. The molecule has 4 heterocycles. The lowest BCUT2D eigenvalue weighted by Crippen LogP contribution is -2.44. The summed E-state index contributed by atoms with van der Waals surface area (Å²) >= 11 is 11.7. The van der Waals surface area contributed by atoms with E-state index in [2.05, 4.69) is 10.3 Å². The lowest BCUT2D eigenvalue weighted by molar-refractivity contribution is -0.119. The van der Waals surface area contributed by atoms with Gasteiger partial charge >= 0.3 is 0 Å². The summed E-state index contributed by atoms with van der Waals surface area (Å²) in [5.41, 5.74) is 0.941. The van der Waals surface area contributed by atoms with Crippen LogP contribution in [0.3, 0.4) is 0 Å². The van der Waals surface area contributed by atoms with Crippen LogP contribution in [0.4, 0.5) is 11.8 Å². The molecule has 4 aromatic rings. The highest BCUT2D eigenvalue weighted by Gasteiger charge is 2.55. The fraction of sp³-hybridized carbons (Fsp3) is 0.459. The van der Waals surface area contributed by atoms with E-state index in [4.69, 9.17) is 32.2 Å². The summed E-state index contributed by atoms with van der Waals surface area (Å²) in [7, 11) is -7.76. The zero-order valence-electron chi connectivity index (χ0n) is 30.2. The Hall–Kier alpha value is -3.72. The van der Waals surface area contributed by atoms with Gasteiger partial charge < -0.3 is 9.05 Å². The molecule has 2 amide bonds. The van der Waals surface area contributed by atoms with Gasteiger partial charge in [0.2, 0.25) is 11.8 Å². The van der Waals surface area contributed by atoms with Gasteiger partial charge in [0, 0.05) is 46.1 Å². The Morgan fingerprint density at radius 3 is 1.19 bits per heavy atom. The summed E-state index contributed by atoms with van der Waals surface area (Å²) in [6.45, 7) is 15.3. The van der Waals surface area contributed by atoms with E-state index in [0.29, 0.717) is 21.4 Å². The molecule has 2 atom stereocenters. The number of hydrogen-bond donors (Lipinski definition) is 0. The molecule has 2 aliphatic rings. The maximum absolute atomic E-state index is 13.1. The monoisotopic (exact) mass is 808 g/mol. The predicted octanol–water partition coefficient (Wildman–Crippen LogP) is 7.83. The van der Waals surface area contributed by atoms with Crippen molar-refractivity contribution >= 4 is 66.5 Å². The Kier molecular flexibility index (Phi) is 11.5. The molecule has 2 aliphatic heterocycles. The Morgan fingerprint density at radius 1 is 0.623 bits per heavy atom. The number of benzene rings is 2. The third-order valence-electron chi connectivity index (χ3n) is 9.52. The molecule has 6 rings (SSSR count). The molecule has 2 fully saturated rings. The van der Waals surface area contributed by atoms with Gasteiger partial charge in [0.15, 0.2) is 29.2 Å². The molecule has 2 saturated heterocycles. The molecule has 0 bridgehead atoms. The minimum absolute atomic E-state index is 0. The van der Waals surface area contributed by atoms with E-state index in [1.807, 2.05) is 41.5 Å². The first-order valence-corrected chi connectivity index (χ1v) is 20.2. The number of nitrogens with zero attached hydrogens (tertiary/aromatic N) is 4. The van der Waals surface area contributed by atoms with Crippen LogP contribution >= 0.6 is 23.2 Å². The summed E-state index contributed by atoms with van der Waals surface area (Å²) in [4.78, 5) is 28.9. The van der Waals surface area contributed by atoms with Crippen LogP contribution in [0.25, 0.3) is 0 Å². The van der Waals surface area contributed by atoms with E-state index in [0.717, 1.165) is 0 Å². The SMILES string of the molecule is C.CC(C)(C)c1cc(N2CC[C@@](C)(S(=O)(=O)c3ccc(Cl)cc3)C2=O)on1.CC(C)(C)c1cc(N2CC[C@](C)(S(=O)(=O)c3ccc(Cl)cc3)C2=O)on1. The van der Waals surface area contributed by atoms with Crippen molar-refractivity contribution in [3.8, 4) is 0 Å². The van der Waals surface area contributed by atoms with Crippen LogP contribution in [-0.4, -0.2) is 61.5 Å². The number of amides is 2. The summed E-state index contributed by atoms with van der Waals surface area (Å²) in [6.07, 6.45) is 0.338. The average molecular weight is 810 g/mol. The lowest BCUT2D eigenvalue weighted by atomic mass is 9.92. The molecular formula is C37H46Cl2N4O8S2. The highest BCUT2D eigenvalue weighted by molar-refractivity contribution is 7.94. The number of hydrogen-bond acceptors (Lipinski definition) is 10. The van der Waals surface area contributed by atoms with E-state index < -0.39 is 41.0 Å². The predicted molar refractivity (Wildman–Crippen MR) is 205 cm³/mol. The summed E-state index contributed by atoms with van der Waals surface area (Å²) in [5.74, 6) is -0.474. The Labute approximate surface area is 321 Å². The van der Waals surface area contributed by atoms with Gasteiger partial charge in [0.05, 0.1) is 21.2 Å². The number of rotatable bonds is 6. The minimum Gasteiger partial charge on any atom is -0.338 e. The maximum Gasteiger partial charge on any atom is 0.251 e. The van der Waals surface area contributed by atoms with Crippen molar-refractivity contribution in [1.82, 2.24) is 10.3 Å². The number of carbonyl (C=O) groups excluding carboxylic acids is 2. The zero-order valence-corrected chi connectivity index (χ0v) is 33.4. The molecule has 53 heavy (non-hydrogen) atoms. The van der Waals surface area contributed by atoms with Crippen molar-refractivity contribution in [3.05, 3.63) is 82.1 Å². The van der Waals surface area contributed by atoms with Crippen molar-refractivity contribution in [1.29, 1.82) is 0 Å². The quantitative estimate of drug-likeness (QED) is 0.188. The van der Waals surface area contributed by atoms with Crippen molar-refractivity contribution < 1.29 is 35.5 Å². The summed E-state index contributed by atoms with van der Waals surface area (Å²) in [5, 5.41) is 8.89. The molecule has 0 radical (unpaired) electrons. The third-order valence-corrected chi connectivity index (χ3v) is 14.9. The summed E-state index contributed by atoms with van der Waals surface area (Å²) in [6, 6.07) is 15.1. The third kappa shape index (κ3) is 7.65. The van der Waals surface area contributed by atoms with E-state index in [1.54, 1.807) is 12.1 Å². The van der Waals surface area contributed by atoms with E-state index in [9.17, 15) is 26.4 Å². The van der Waals surface area contributed by atoms with Crippen LogP contribution in [0.2, 0.25) is 10.0 Å². The highest BCUT2D eigenvalue weighted by atomic mass is 35.5. The maximum atomic E-state index is 13.1. The van der Waals surface area contributed by atoms with Gasteiger partial charge in [0.1, 0.15) is 0 Å². The van der Waals surface area contributed by atoms with Crippen LogP contribution in [0, 0.1) is 0 Å². The molecule has 2 aromatic heterocycles. The zero-order chi connectivity index (χ0) is 38.7. The smallest absolute Gasteiger partial charge is 0.251 e. The van der Waals surface area contributed by atoms with Gasteiger partial charge in [-0.15, -0.1) is 0 Å². The van der Waals surface area contributed by atoms with Gasteiger partial charge in [-0.2, -0.15) is 0 Å². The first-order valence-electron chi connectivity index (χ1n) is 16.5. The molecule has 0 N–H and O–H groups in total. The molecule has 0 spiro atoms. The second kappa shape index (κ2) is 14.5. The van der Waals surface area contributed by atoms with Crippen molar-refractivity contribution in [2.45, 2.75) is 106 Å². The second-order valence-corrected chi connectivity index (χ2v) is 21.0. The number of halogens is 2. The molecular weight excluding hydrogens is 763 g/mol. The van der Waals surface area contributed by atoms with Crippen molar-refractivity contribution in [2.24, 2.45) is 0 Å². The molecule has 0 saturated carbocycles. The number of carbonyl (C=O) groups is 2. The topological polar surface area (TPSA) is 161 Å². The molecule has 12 nitrogen and oxygen atoms in total. The molecule has 16 heteroatoms. The van der Waals surface area contributed by atoms with Crippen molar-refractivity contribution in [2.75, 3.05) is 22.9 Å². The molecule has 0 aliphatic carbocycles. The Morgan fingerprint density at radius 2 is 0.925 bits per heavy atom. The molecule has 288 valence electrons. The van der Waals surface area contributed by atoms with Crippen LogP contribution in [-0.2, 0) is 40.1 Å². The van der Waals surface area contributed by atoms with Crippen molar-refractivity contribution in [3.63, 3.8) is 0 Å². The van der Waals surface area contributed by atoms with Crippen LogP contribution < -0.4 is 9.80 Å². The fourth-order valence-electron chi connectivity index (χ4n) is 5.80. The van der Waals surface area contributed by atoms with Gasteiger partial charge in [-0.25, -0.2) is 16.8 Å². The number of aromatic nitrogens is 2. The van der Waals surface area contributed by atoms with Crippen LogP contribution in [0.1, 0.15) is 87.0 Å². The average Bonchev–Trinajstić information content (AvgIpc) is 3.86. The summed E-state index contributed by atoms with van der Waals surface area (Å²) < 4.78 is 59.8. The Bertz CT molecular complexity index is 2050. The minimum atomic E-state index is -3.88. The second-order valence-electron chi connectivity index (χ2n) is 15.4. The van der Waals surface area contributed by atoms with Crippen LogP contribution in [0.5, 0.6) is 0 Å². The largest absolute Gasteiger partial charge is 0.338 e. The van der Waals surface area contributed by atoms with Gasteiger partial charge in [-0.05, 0) is 75.2 Å². The normalized spacial score (nSPS) is 21.0. The highest BCUT2D eigenvalue weighted by Crippen LogP contribution is 2.40. The molecule has 0 unspecified atom stereocenters. The fourth-order valence-corrected chi connectivity index (χ4v) is 9.48. The van der Waals surface area contributed by atoms with Crippen LogP contribution in [0.15, 0.2) is 79.5 Å². The standard InChI is InChI=1S/2C18H21ClN2O4S.CH4/c2*1-17(2,3)14-11-15(25-20-14)21-10-9-18(4,16(21)22)26(23,24)13-7-5-12(19)6-8-13;/h2*5-8,11H,9-10H2,1-4H3;1H4/t2*18-;/m10./s1. The van der Waals surface area contributed by atoms with Gasteiger partial charge in [-0.1, -0.05) is 82.5 Å². The first-order chi connectivity index (χ1) is 23.9. The lowest BCUT2D eigenvalue weighted by Gasteiger charge is -2.22. The van der Waals surface area contributed by atoms with E-state index in [-0.39, 0.29) is 65.7 Å². The van der Waals surface area contributed by atoms with E-state index >= 15 is 0 Å². The number of anilines is 2. The first kappa shape index (κ1) is 42.0. The van der Waals surface area contributed by atoms with Gasteiger partial charge in [0.25, 0.3) is 11.8 Å². The Balaban J connectivity index is 0.000000232. The van der Waals surface area contributed by atoms with Gasteiger partial charge in [-0.3, -0.25) is 19.4 Å². The molecule has 2 aromatic carbocycles.